The highest BCUT2D eigenvalue weighted by atomic mass is 127. The minimum Gasteiger partial charge on any atom is -1.00 e. The lowest BCUT2D eigenvalue weighted by Gasteiger charge is -2.19. The Labute approximate surface area is 278 Å². The van der Waals surface area contributed by atoms with Gasteiger partial charge >= 0.3 is 6.09 Å². The van der Waals surface area contributed by atoms with Crippen LogP contribution in [0, 0.1) is 0 Å². The van der Waals surface area contributed by atoms with Gasteiger partial charge < -0.3 is 42.9 Å². The van der Waals surface area contributed by atoms with Crippen LogP contribution in [0.2, 0.25) is 0 Å². The number of carbonyl (C=O) groups is 2. The number of rotatable bonds is 24. The molecule has 1 fully saturated rings. The van der Waals surface area contributed by atoms with Gasteiger partial charge in [0.05, 0.1) is 13.2 Å². The molecule has 1 saturated heterocycles. The van der Waals surface area contributed by atoms with Crippen LogP contribution >= 0.6 is 0 Å². The molecule has 0 N–H and O–H groups in total. The zero-order chi connectivity index (χ0) is 30.3. The molecule has 0 spiro atoms. The fourth-order valence-electron chi connectivity index (χ4n) is 5.30. The van der Waals surface area contributed by atoms with E-state index in [0.29, 0.717) is 13.2 Å². The Morgan fingerprint density at radius 2 is 1.44 bits per heavy atom. The third-order valence-electron chi connectivity index (χ3n) is 7.90. The topological polar surface area (TPSA) is 78.2 Å². The molecule has 2 unspecified atom stereocenters. The molecule has 0 aliphatic carbocycles. The minimum absolute atomic E-state index is 0. The monoisotopic (exact) mass is 718 g/mol. The van der Waals surface area contributed by atoms with E-state index in [0.717, 1.165) is 30.2 Å². The average molecular weight is 719 g/mol. The molecule has 8 nitrogen and oxygen atoms in total. The van der Waals surface area contributed by atoms with Gasteiger partial charge in [0.25, 0.3) is 0 Å². The molecule has 1 aliphatic rings. The molecule has 1 aromatic heterocycles. The Balaban J connectivity index is 0.00000924. The Morgan fingerprint density at radius 3 is 2.00 bits per heavy atom. The molecule has 0 radical (unpaired) electrons. The van der Waals surface area contributed by atoms with Gasteiger partial charge in [0.2, 0.25) is 11.6 Å². The van der Waals surface area contributed by atoms with Gasteiger partial charge in [0.1, 0.15) is 25.8 Å². The third-order valence-corrected chi connectivity index (χ3v) is 7.90. The Bertz CT molecular complexity index is 858. The van der Waals surface area contributed by atoms with E-state index in [9.17, 15) is 9.59 Å². The highest BCUT2D eigenvalue weighted by molar-refractivity contribution is 5.90. The van der Waals surface area contributed by atoms with Crippen molar-refractivity contribution in [3.05, 3.63) is 30.1 Å². The number of aryl methyl sites for hydroxylation is 1. The summed E-state index contributed by atoms with van der Waals surface area (Å²) in [6.45, 7) is 8.05. The first kappa shape index (κ1) is 39.7. The average Bonchev–Trinajstić information content (AvgIpc) is 3.45. The predicted molar refractivity (Wildman–Crippen MR) is 165 cm³/mol. The molecule has 9 heteroatoms. The van der Waals surface area contributed by atoms with E-state index in [4.69, 9.17) is 18.9 Å². The number of ether oxygens (including phenoxy) is 4. The van der Waals surface area contributed by atoms with Gasteiger partial charge in [0.15, 0.2) is 12.5 Å². The zero-order valence-electron chi connectivity index (χ0n) is 27.2. The van der Waals surface area contributed by atoms with Crippen molar-refractivity contribution in [2.45, 2.75) is 149 Å². The third kappa shape index (κ3) is 18.3. The molecule has 2 amide bonds. The Hall–Kier alpha value is -1.30. The van der Waals surface area contributed by atoms with Crippen molar-refractivity contribution >= 4 is 12.0 Å². The maximum Gasteiger partial charge on any atom is 0.417 e. The SMILES string of the molecule is CCCCCCCCCCCCCCCCCCOCC1COC(COC(=O)N(Cc2cccc[n+]2CC)C(C)=O)O1.[I-]. The van der Waals surface area contributed by atoms with Crippen LogP contribution in [0.1, 0.15) is 129 Å². The van der Waals surface area contributed by atoms with Crippen LogP contribution in [0.15, 0.2) is 24.4 Å². The van der Waals surface area contributed by atoms with Gasteiger partial charge in [-0.1, -0.05) is 109 Å². The number of unbranched alkanes of at least 4 members (excludes halogenated alkanes) is 15. The first-order valence-corrected chi connectivity index (χ1v) is 16.8. The number of nitrogens with zero attached hydrogens (tertiary/aromatic N) is 2. The summed E-state index contributed by atoms with van der Waals surface area (Å²) in [6.07, 6.45) is 22.1. The van der Waals surface area contributed by atoms with Crippen LogP contribution < -0.4 is 28.5 Å². The largest absolute Gasteiger partial charge is 1.00 e. The summed E-state index contributed by atoms with van der Waals surface area (Å²) in [7, 11) is 0. The van der Waals surface area contributed by atoms with E-state index in [1.807, 2.05) is 35.9 Å². The van der Waals surface area contributed by atoms with Crippen LogP contribution in [-0.4, -0.2) is 55.7 Å². The van der Waals surface area contributed by atoms with Crippen molar-refractivity contribution < 1.29 is 57.1 Å². The molecule has 0 aromatic carbocycles. The smallest absolute Gasteiger partial charge is 0.417 e. The second-order valence-corrected chi connectivity index (χ2v) is 11.6. The Morgan fingerprint density at radius 1 is 0.860 bits per heavy atom. The summed E-state index contributed by atoms with van der Waals surface area (Å²) < 4.78 is 24.6. The van der Waals surface area contributed by atoms with Crippen LogP contribution in [-0.2, 0) is 36.8 Å². The van der Waals surface area contributed by atoms with E-state index in [1.165, 1.54) is 103 Å². The van der Waals surface area contributed by atoms with E-state index in [2.05, 4.69) is 6.92 Å². The lowest BCUT2D eigenvalue weighted by atomic mass is 10.0. The molecule has 43 heavy (non-hydrogen) atoms. The van der Waals surface area contributed by atoms with Crippen molar-refractivity contribution in [2.75, 3.05) is 26.4 Å². The number of hydrogen-bond acceptors (Lipinski definition) is 6. The van der Waals surface area contributed by atoms with Gasteiger partial charge in [-0.05, 0) is 13.3 Å². The van der Waals surface area contributed by atoms with E-state index in [1.54, 1.807) is 0 Å². The van der Waals surface area contributed by atoms with Crippen molar-refractivity contribution in [1.82, 2.24) is 4.90 Å². The van der Waals surface area contributed by atoms with Crippen LogP contribution in [0.4, 0.5) is 4.79 Å². The quantitative estimate of drug-likeness (QED) is 0.0891. The molecule has 1 aromatic rings. The molecule has 2 atom stereocenters. The van der Waals surface area contributed by atoms with Crippen LogP contribution in [0.5, 0.6) is 0 Å². The molecule has 2 heterocycles. The summed E-state index contributed by atoms with van der Waals surface area (Å²) in [5.74, 6) is -0.375. The molecule has 2 rings (SSSR count). The number of imide groups is 1. The predicted octanol–water partition coefficient (Wildman–Crippen LogP) is 4.50. The van der Waals surface area contributed by atoms with Crippen LogP contribution in [0.3, 0.4) is 0 Å². The number of amides is 2. The number of pyridine rings is 1. The summed E-state index contributed by atoms with van der Waals surface area (Å²) in [4.78, 5) is 25.8. The lowest BCUT2D eigenvalue weighted by molar-refractivity contribution is -0.701. The number of aromatic nitrogens is 1. The second-order valence-electron chi connectivity index (χ2n) is 11.6. The first-order valence-electron chi connectivity index (χ1n) is 16.8. The van der Waals surface area contributed by atoms with Gasteiger partial charge in [0, 0.05) is 25.7 Å². The molecule has 0 saturated carbocycles. The second kappa shape index (κ2) is 26.0. The van der Waals surface area contributed by atoms with Crippen molar-refractivity contribution in [3.63, 3.8) is 0 Å². The number of hydrogen-bond donors (Lipinski definition) is 0. The van der Waals surface area contributed by atoms with E-state index < -0.39 is 12.4 Å². The summed E-state index contributed by atoms with van der Waals surface area (Å²) >= 11 is 0. The number of carbonyl (C=O) groups excluding carboxylic acids is 2. The zero-order valence-corrected chi connectivity index (χ0v) is 29.4. The van der Waals surface area contributed by atoms with Gasteiger partial charge in [-0.3, -0.25) is 4.79 Å². The maximum absolute atomic E-state index is 12.6. The lowest BCUT2D eigenvalue weighted by Crippen LogP contribution is -3.00. The highest BCUT2D eigenvalue weighted by Crippen LogP contribution is 2.15. The summed E-state index contributed by atoms with van der Waals surface area (Å²) in [6, 6.07) is 5.69. The Kier molecular flexibility index (Phi) is 24.0. The minimum atomic E-state index is -0.704. The maximum atomic E-state index is 12.6. The normalized spacial score (nSPS) is 16.2. The fourth-order valence-corrected chi connectivity index (χ4v) is 5.30. The first-order chi connectivity index (χ1) is 20.5. The highest BCUT2D eigenvalue weighted by Gasteiger charge is 2.29. The van der Waals surface area contributed by atoms with Gasteiger partial charge in [-0.15, -0.1) is 0 Å². The van der Waals surface area contributed by atoms with Gasteiger partial charge in [-0.2, -0.15) is 0 Å². The van der Waals surface area contributed by atoms with E-state index in [-0.39, 0.29) is 49.1 Å². The van der Waals surface area contributed by atoms with Crippen molar-refractivity contribution in [1.29, 1.82) is 0 Å². The standard InChI is InChI=1S/C34H59N2O6.HI/c1-4-6-7-8-9-10-11-12-13-14-15-16-17-18-19-22-25-39-27-32-28-40-33(42-32)29-41-34(38)36(30(3)37)26-31-23-20-21-24-35(31)5-2;/h20-21,23-24,32-33H,4-19,22,25-29H2,1-3H3;1H/q+1;/p-1. The van der Waals surface area contributed by atoms with Crippen molar-refractivity contribution in [2.24, 2.45) is 0 Å². The number of halogens is 1. The fraction of sp³-hybridized carbons (Fsp3) is 0.794. The molecular formula is C34H59IN2O6. The van der Waals surface area contributed by atoms with E-state index >= 15 is 0 Å². The summed E-state index contributed by atoms with van der Waals surface area (Å²) in [5.41, 5.74) is 0.849. The molecule has 0 bridgehead atoms. The molecule has 248 valence electrons. The molecular weight excluding hydrogens is 659 g/mol. The van der Waals surface area contributed by atoms with Gasteiger partial charge in [-0.25, -0.2) is 14.3 Å². The van der Waals surface area contributed by atoms with Crippen molar-refractivity contribution in [3.8, 4) is 0 Å². The summed E-state index contributed by atoms with van der Waals surface area (Å²) in [5, 5.41) is 0. The van der Waals surface area contributed by atoms with Crippen LogP contribution in [0.25, 0.3) is 0 Å². The molecule has 1 aliphatic heterocycles.